The van der Waals surface area contributed by atoms with Gasteiger partial charge in [0.05, 0.1) is 6.54 Å². The number of halogens is 1. The summed E-state index contributed by atoms with van der Waals surface area (Å²) in [5.74, 6) is -0.0514. The highest BCUT2D eigenvalue weighted by Crippen LogP contribution is 2.17. The number of anilines is 1. The molecule has 0 saturated carbocycles. The lowest BCUT2D eigenvalue weighted by Crippen LogP contribution is -2.36. The molecule has 0 fully saturated rings. The summed E-state index contributed by atoms with van der Waals surface area (Å²) in [6.07, 6.45) is 2.65. The van der Waals surface area contributed by atoms with Gasteiger partial charge in [0.2, 0.25) is 5.89 Å². The third-order valence-electron chi connectivity index (χ3n) is 4.06. The van der Waals surface area contributed by atoms with Crippen molar-refractivity contribution in [3.05, 3.63) is 46.6 Å². The minimum Gasteiger partial charge on any atom is -0.446 e. The summed E-state index contributed by atoms with van der Waals surface area (Å²) in [6, 6.07) is 7.02. The van der Waals surface area contributed by atoms with Crippen molar-refractivity contribution in [3.8, 4) is 0 Å². The number of benzene rings is 1. The van der Waals surface area contributed by atoms with E-state index < -0.39 is 0 Å². The molecule has 164 valence electrons. The molecule has 10 heteroatoms. The molecule has 2 N–H and O–H groups in total. The third-order valence-corrected chi connectivity index (χ3v) is 4.55. The zero-order valence-corrected chi connectivity index (χ0v) is 18.7. The quantitative estimate of drug-likeness (QED) is 0.449. The van der Waals surface area contributed by atoms with Gasteiger partial charge in [0.15, 0.2) is 5.69 Å². The first-order valence-corrected chi connectivity index (χ1v) is 10.3. The molecule has 2 aromatic rings. The van der Waals surface area contributed by atoms with Gasteiger partial charge in [0.1, 0.15) is 6.26 Å². The van der Waals surface area contributed by atoms with Gasteiger partial charge in [0, 0.05) is 50.7 Å². The van der Waals surface area contributed by atoms with Gasteiger partial charge in [-0.1, -0.05) is 22.0 Å². The third kappa shape index (κ3) is 8.13. The number of ether oxygens (including phenoxy) is 2. The Balaban J connectivity index is 1.99. The van der Waals surface area contributed by atoms with Crippen LogP contribution in [0.3, 0.4) is 0 Å². The summed E-state index contributed by atoms with van der Waals surface area (Å²) >= 11 is 3.39. The Hall–Kier alpha value is -2.43. The lowest BCUT2D eigenvalue weighted by Gasteiger charge is -2.21. The van der Waals surface area contributed by atoms with Gasteiger partial charge < -0.3 is 29.4 Å². The maximum atomic E-state index is 12.8. The van der Waals surface area contributed by atoms with Crippen LogP contribution in [0.25, 0.3) is 0 Å². The molecule has 1 heterocycles. The molecular weight excluding hydrogens is 456 g/mol. The van der Waals surface area contributed by atoms with E-state index in [1.807, 2.05) is 18.2 Å². The second kappa shape index (κ2) is 13.0. The number of aromatic nitrogens is 1. The van der Waals surface area contributed by atoms with Crippen molar-refractivity contribution >= 4 is 33.6 Å². The fraction of sp³-hybridized carbons (Fsp3) is 0.450. The summed E-state index contributed by atoms with van der Waals surface area (Å²) in [7, 11) is 3.22. The van der Waals surface area contributed by atoms with Crippen molar-refractivity contribution in [3.63, 3.8) is 0 Å². The highest BCUT2D eigenvalue weighted by atomic mass is 79.9. The van der Waals surface area contributed by atoms with Gasteiger partial charge in [-0.3, -0.25) is 4.79 Å². The average Bonchev–Trinajstić information content (AvgIpc) is 3.19. The molecule has 0 aliphatic carbocycles. The Labute approximate surface area is 184 Å². The largest absolute Gasteiger partial charge is 0.446 e. The van der Waals surface area contributed by atoms with Crippen LogP contribution >= 0.6 is 15.9 Å². The maximum absolute atomic E-state index is 12.8. The zero-order chi connectivity index (χ0) is 21.8. The first-order chi connectivity index (χ1) is 14.5. The summed E-state index contributed by atoms with van der Waals surface area (Å²) in [6.45, 7) is 2.12. The van der Waals surface area contributed by atoms with E-state index in [0.29, 0.717) is 44.8 Å². The smallest absolute Gasteiger partial charge is 0.322 e. The second-order valence-electron chi connectivity index (χ2n) is 6.44. The molecule has 2 rings (SSSR count). The second-order valence-corrected chi connectivity index (χ2v) is 7.35. The summed E-state index contributed by atoms with van der Waals surface area (Å²) in [5.41, 5.74) is 0.835. The van der Waals surface area contributed by atoms with Crippen LogP contribution in [0.2, 0.25) is 0 Å². The number of oxazole rings is 1. The van der Waals surface area contributed by atoms with Crippen LogP contribution in [-0.4, -0.2) is 62.3 Å². The number of rotatable bonds is 12. The minimum absolute atomic E-state index is 0.126. The van der Waals surface area contributed by atoms with E-state index in [9.17, 15) is 9.59 Å². The molecule has 3 amide bonds. The Morgan fingerprint density at radius 2 is 1.97 bits per heavy atom. The molecule has 0 aliphatic heterocycles. The maximum Gasteiger partial charge on any atom is 0.322 e. The van der Waals surface area contributed by atoms with E-state index >= 15 is 0 Å². The van der Waals surface area contributed by atoms with E-state index in [4.69, 9.17) is 13.9 Å². The van der Waals surface area contributed by atoms with Crippen LogP contribution in [0.5, 0.6) is 0 Å². The van der Waals surface area contributed by atoms with Gasteiger partial charge in [-0.25, -0.2) is 9.78 Å². The highest BCUT2D eigenvalue weighted by Gasteiger charge is 2.19. The Bertz CT molecular complexity index is 814. The molecule has 0 atom stereocenters. The van der Waals surface area contributed by atoms with Crippen molar-refractivity contribution in [2.24, 2.45) is 0 Å². The summed E-state index contributed by atoms with van der Waals surface area (Å²) < 4.78 is 16.3. The molecule has 30 heavy (non-hydrogen) atoms. The van der Waals surface area contributed by atoms with E-state index in [0.717, 1.165) is 4.47 Å². The number of carbonyl (C=O) groups excluding carboxylic acids is 2. The van der Waals surface area contributed by atoms with Gasteiger partial charge >= 0.3 is 6.03 Å². The zero-order valence-electron chi connectivity index (χ0n) is 17.2. The van der Waals surface area contributed by atoms with E-state index in [-0.39, 0.29) is 30.1 Å². The molecule has 0 unspecified atom stereocenters. The summed E-state index contributed by atoms with van der Waals surface area (Å²) in [4.78, 5) is 30.7. The van der Waals surface area contributed by atoms with Crippen LogP contribution in [0.4, 0.5) is 10.5 Å². The van der Waals surface area contributed by atoms with Crippen LogP contribution < -0.4 is 10.6 Å². The molecule has 0 bridgehead atoms. The molecule has 0 radical (unpaired) electrons. The molecule has 1 aromatic heterocycles. The number of methoxy groups -OCH3 is 2. The van der Waals surface area contributed by atoms with Crippen molar-refractivity contribution in [1.82, 2.24) is 15.2 Å². The van der Waals surface area contributed by atoms with Crippen LogP contribution in [0, 0.1) is 0 Å². The summed E-state index contributed by atoms with van der Waals surface area (Å²) in [5, 5.41) is 5.60. The molecular formula is C20H27BrN4O5. The SMILES string of the molecule is COCCCNC(=O)c1coc(CN(CCCOC)C(=O)Nc2cccc(Br)c2)n1. The molecule has 9 nitrogen and oxygen atoms in total. The molecule has 0 saturated heterocycles. The number of amides is 3. The first-order valence-electron chi connectivity index (χ1n) is 9.55. The lowest BCUT2D eigenvalue weighted by atomic mass is 10.3. The number of urea groups is 1. The van der Waals surface area contributed by atoms with Gasteiger partial charge in [-0.05, 0) is 31.0 Å². The minimum atomic E-state index is -0.328. The number of nitrogens with one attached hydrogen (secondary N) is 2. The van der Waals surface area contributed by atoms with Gasteiger partial charge in [-0.2, -0.15) is 0 Å². The van der Waals surface area contributed by atoms with E-state index in [1.54, 1.807) is 25.2 Å². The predicted octanol–water partition coefficient (Wildman–Crippen LogP) is 3.27. The topological polar surface area (TPSA) is 106 Å². The fourth-order valence-electron chi connectivity index (χ4n) is 2.58. The molecule has 0 spiro atoms. The molecule has 1 aromatic carbocycles. The van der Waals surface area contributed by atoms with Crippen molar-refractivity contribution in [2.75, 3.05) is 45.8 Å². The van der Waals surface area contributed by atoms with Gasteiger partial charge in [0.25, 0.3) is 5.91 Å². The molecule has 0 aliphatic rings. The average molecular weight is 483 g/mol. The standard InChI is InChI=1S/C20H27BrN4O5/c1-28-10-4-8-22-19(26)17-14-30-18(24-17)13-25(9-5-11-29-2)20(27)23-16-7-3-6-15(21)12-16/h3,6-7,12,14H,4-5,8-11,13H2,1-2H3,(H,22,26)(H,23,27). The Kier molecular flexibility index (Phi) is 10.3. The van der Waals surface area contributed by atoms with Crippen LogP contribution in [0.1, 0.15) is 29.2 Å². The fourth-order valence-corrected chi connectivity index (χ4v) is 2.98. The normalized spacial score (nSPS) is 10.6. The van der Waals surface area contributed by atoms with Gasteiger partial charge in [-0.15, -0.1) is 0 Å². The van der Waals surface area contributed by atoms with Crippen LogP contribution in [0.15, 0.2) is 39.4 Å². The van der Waals surface area contributed by atoms with E-state index in [2.05, 4.69) is 31.5 Å². The monoisotopic (exact) mass is 482 g/mol. The van der Waals surface area contributed by atoms with Crippen molar-refractivity contribution in [1.29, 1.82) is 0 Å². The number of nitrogens with zero attached hydrogens (tertiary/aromatic N) is 2. The van der Waals surface area contributed by atoms with Crippen molar-refractivity contribution in [2.45, 2.75) is 19.4 Å². The number of hydrogen-bond donors (Lipinski definition) is 2. The van der Waals surface area contributed by atoms with Crippen LogP contribution in [-0.2, 0) is 16.0 Å². The van der Waals surface area contributed by atoms with E-state index in [1.165, 1.54) is 6.26 Å². The first kappa shape index (κ1) is 23.8. The van der Waals surface area contributed by atoms with Crippen molar-refractivity contribution < 1.29 is 23.5 Å². The number of hydrogen-bond acceptors (Lipinski definition) is 6. The number of carbonyl (C=O) groups is 2. The Morgan fingerprint density at radius 1 is 1.20 bits per heavy atom. The highest BCUT2D eigenvalue weighted by molar-refractivity contribution is 9.10. The predicted molar refractivity (Wildman–Crippen MR) is 115 cm³/mol. The lowest BCUT2D eigenvalue weighted by molar-refractivity contribution is 0.0943. The Morgan fingerprint density at radius 3 is 2.70 bits per heavy atom.